The largest absolute Gasteiger partial charge is 0.458 e. The lowest BCUT2D eigenvalue weighted by molar-refractivity contribution is 0.0552. The first-order valence-corrected chi connectivity index (χ1v) is 9.32. The average Bonchev–Trinajstić information content (AvgIpc) is 2.70. The predicted molar refractivity (Wildman–Crippen MR) is 113 cm³/mol. The van der Waals surface area contributed by atoms with Crippen LogP contribution in [0.4, 0.5) is 0 Å². The van der Waals surface area contributed by atoms with E-state index in [2.05, 4.69) is 46.8 Å². The summed E-state index contributed by atoms with van der Waals surface area (Å²) < 4.78 is 6.17. The number of benzene rings is 3. The molecule has 0 radical (unpaired) electrons. The molecule has 4 rings (SSSR count). The van der Waals surface area contributed by atoms with Gasteiger partial charge in [0.05, 0.1) is 16.8 Å². The molecule has 0 aliphatic carbocycles. The number of fused-ring (bicyclic) bond motifs is 2. The highest BCUT2D eigenvalue weighted by atomic mass is 79.9. The first-order chi connectivity index (χ1) is 13.2. The molecule has 1 aromatic heterocycles. The summed E-state index contributed by atoms with van der Waals surface area (Å²) in [6, 6.07) is 21.8. The van der Waals surface area contributed by atoms with Crippen LogP contribution in [0.5, 0.6) is 0 Å². The van der Waals surface area contributed by atoms with E-state index in [0.29, 0.717) is 5.56 Å². The van der Waals surface area contributed by atoms with E-state index in [-0.39, 0.29) is 12.6 Å². The molecule has 0 amide bonds. The third kappa shape index (κ3) is 3.49. The normalized spacial score (nSPS) is 10.9. The van der Waals surface area contributed by atoms with E-state index in [4.69, 9.17) is 9.72 Å². The summed E-state index contributed by atoms with van der Waals surface area (Å²) >= 11 is 3.46. The average molecular weight is 418 g/mol. The summed E-state index contributed by atoms with van der Waals surface area (Å²) in [5, 5.41) is 3.04. The van der Waals surface area contributed by atoms with Crippen molar-refractivity contribution < 1.29 is 9.53 Å². The minimum atomic E-state index is -0.387. The van der Waals surface area contributed by atoms with Gasteiger partial charge in [-0.1, -0.05) is 65.0 Å². The number of aromatic nitrogens is 1. The zero-order valence-electron chi connectivity index (χ0n) is 14.5. The van der Waals surface area contributed by atoms with Gasteiger partial charge < -0.3 is 4.74 Å². The van der Waals surface area contributed by atoms with Crippen LogP contribution in [-0.4, -0.2) is 17.6 Å². The second kappa shape index (κ2) is 7.33. The molecule has 0 unspecified atom stereocenters. The Morgan fingerprint density at radius 1 is 1.04 bits per heavy atom. The van der Waals surface area contributed by atoms with Gasteiger partial charge in [-0.2, -0.15) is 0 Å². The quantitative estimate of drug-likeness (QED) is 0.294. The second-order valence-corrected chi connectivity index (χ2v) is 7.08. The Morgan fingerprint density at radius 2 is 1.85 bits per heavy atom. The molecule has 1 heterocycles. The maximum Gasteiger partial charge on any atom is 0.339 e. The van der Waals surface area contributed by atoms with Crippen molar-refractivity contribution in [2.75, 3.05) is 6.61 Å². The Balaban J connectivity index is 1.90. The number of carbonyl (C=O) groups excluding carboxylic acids is 1. The molecule has 0 bridgehead atoms. The molecule has 0 aliphatic rings. The fourth-order valence-electron chi connectivity index (χ4n) is 3.08. The summed E-state index contributed by atoms with van der Waals surface area (Å²) in [6.07, 6.45) is 1.56. The molecule has 132 valence electrons. The van der Waals surface area contributed by atoms with Gasteiger partial charge in [0, 0.05) is 15.4 Å². The number of halogens is 1. The van der Waals surface area contributed by atoms with Gasteiger partial charge in [-0.25, -0.2) is 9.78 Å². The topological polar surface area (TPSA) is 39.2 Å². The van der Waals surface area contributed by atoms with E-state index >= 15 is 0 Å². The van der Waals surface area contributed by atoms with Gasteiger partial charge in [0.1, 0.15) is 6.61 Å². The molecule has 0 aliphatic heterocycles. The summed E-state index contributed by atoms with van der Waals surface area (Å²) in [5.74, 6) is -0.387. The smallest absolute Gasteiger partial charge is 0.339 e. The molecule has 0 atom stereocenters. The van der Waals surface area contributed by atoms with Crippen molar-refractivity contribution in [1.82, 2.24) is 4.98 Å². The highest BCUT2D eigenvalue weighted by Crippen LogP contribution is 2.29. The lowest BCUT2D eigenvalue weighted by Crippen LogP contribution is -2.07. The number of rotatable bonds is 4. The van der Waals surface area contributed by atoms with E-state index in [0.717, 1.165) is 37.4 Å². The summed E-state index contributed by atoms with van der Waals surface area (Å²) in [4.78, 5) is 17.4. The fraction of sp³-hybridized carbons (Fsp3) is 0.0435. The Hall–Kier alpha value is -2.98. The van der Waals surface area contributed by atoms with Crippen LogP contribution in [0.25, 0.3) is 32.9 Å². The van der Waals surface area contributed by atoms with Crippen LogP contribution in [0.15, 0.2) is 83.9 Å². The van der Waals surface area contributed by atoms with E-state index in [9.17, 15) is 4.79 Å². The number of esters is 1. The van der Waals surface area contributed by atoms with Crippen molar-refractivity contribution in [3.05, 3.63) is 89.4 Å². The molecule has 0 saturated carbocycles. The van der Waals surface area contributed by atoms with Crippen molar-refractivity contribution in [2.24, 2.45) is 0 Å². The minimum Gasteiger partial charge on any atom is -0.458 e. The summed E-state index contributed by atoms with van der Waals surface area (Å²) in [5.41, 5.74) is 2.93. The van der Waals surface area contributed by atoms with Gasteiger partial charge in [-0.05, 0) is 41.1 Å². The molecule has 0 spiro atoms. The molecule has 0 fully saturated rings. The molecule has 4 heteroatoms. The van der Waals surface area contributed by atoms with Crippen LogP contribution in [-0.2, 0) is 4.74 Å². The molecular weight excluding hydrogens is 402 g/mol. The molecule has 4 aromatic rings. The number of hydrogen-bond donors (Lipinski definition) is 0. The molecule has 0 saturated heterocycles. The minimum absolute atomic E-state index is 0.169. The number of carbonyl (C=O) groups is 1. The van der Waals surface area contributed by atoms with Crippen LogP contribution in [0.3, 0.4) is 0 Å². The lowest BCUT2D eigenvalue weighted by atomic mass is 10.0. The van der Waals surface area contributed by atoms with Crippen LogP contribution in [0.2, 0.25) is 0 Å². The Bertz CT molecular complexity index is 1180. The Kier molecular flexibility index (Phi) is 4.73. The van der Waals surface area contributed by atoms with Crippen LogP contribution < -0.4 is 0 Å². The third-order valence-electron chi connectivity index (χ3n) is 4.37. The van der Waals surface area contributed by atoms with E-state index in [1.54, 1.807) is 12.1 Å². The molecule has 3 aromatic carbocycles. The SMILES string of the molecule is C=CCOC(=O)c1cc(-c2ccc3ccccc3c2)nc2ccc(Br)cc12. The highest BCUT2D eigenvalue weighted by Gasteiger charge is 2.15. The zero-order chi connectivity index (χ0) is 18.8. The lowest BCUT2D eigenvalue weighted by Gasteiger charge is -2.10. The van der Waals surface area contributed by atoms with E-state index in [1.807, 2.05) is 36.4 Å². The Labute approximate surface area is 165 Å². The molecule has 27 heavy (non-hydrogen) atoms. The van der Waals surface area contributed by atoms with Crippen molar-refractivity contribution in [2.45, 2.75) is 0 Å². The van der Waals surface area contributed by atoms with Gasteiger partial charge in [0.25, 0.3) is 0 Å². The highest BCUT2D eigenvalue weighted by molar-refractivity contribution is 9.10. The van der Waals surface area contributed by atoms with Gasteiger partial charge in [0.2, 0.25) is 0 Å². The van der Waals surface area contributed by atoms with E-state index < -0.39 is 0 Å². The van der Waals surface area contributed by atoms with Crippen LogP contribution in [0, 0.1) is 0 Å². The Morgan fingerprint density at radius 3 is 2.67 bits per heavy atom. The number of pyridine rings is 1. The van der Waals surface area contributed by atoms with Gasteiger partial charge >= 0.3 is 5.97 Å². The number of hydrogen-bond acceptors (Lipinski definition) is 3. The molecule has 0 N–H and O–H groups in total. The standard InChI is InChI=1S/C23H16BrNO2/c1-2-11-27-23(26)20-14-22(25-21-10-9-18(24)13-19(20)21)17-8-7-15-5-3-4-6-16(15)12-17/h2-10,12-14H,1,11H2. The summed E-state index contributed by atoms with van der Waals surface area (Å²) in [6.45, 7) is 3.77. The van der Waals surface area contributed by atoms with Gasteiger partial charge in [-0.3, -0.25) is 0 Å². The predicted octanol–water partition coefficient (Wildman–Crippen LogP) is 6.16. The maximum absolute atomic E-state index is 12.6. The van der Waals surface area contributed by atoms with Gasteiger partial charge in [-0.15, -0.1) is 0 Å². The molecular formula is C23H16BrNO2. The number of ether oxygens (including phenoxy) is 1. The first-order valence-electron chi connectivity index (χ1n) is 8.53. The van der Waals surface area contributed by atoms with Crippen LogP contribution in [0.1, 0.15) is 10.4 Å². The second-order valence-electron chi connectivity index (χ2n) is 6.17. The van der Waals surface area contributed by atoms with Gasteiger partial charge in [0.15, 0.2) is 0 Å². The zero-order valence-corrected chi connectivity index (χ0v) is 16.1. The van der Waals surface area contributed by atoms with E-state index in [1.165, 1.54) is 0 Å². The first kappa shape index (κ1) is 17.4. The van der Waals surface area contributed by atoms with Crippen molar-refractivity contribution in [1.29, 1.82) is 0 Å². The van der Waals surface area contributed by atoms with Crippen molar-refractivity contribution >= 4 is 43.6 Å². The monoisotopic (exact) mass is 417 g/mol. The molecule has 3 nitrogen and oxygen atoms in total. The number of nitrogens with zero attached hydrogens (tertiary/aromatic N) is 1. The summed E-state index contributed by atoms with van der Waals surface area (Å²) in [7, 11) is 0. The van der Waals surface area contributed by atoms with Crippen molar-refractivity contribution in [3.63, 3.8) is 0 Å². The third-order valence-corrected chi connectivity index (χ3v) is 4.86. The fourth-order valence-corrected chi connectivity index (χ4v) is 3.44. The van der Waals surface area contributed by atoms with Crippen LogP contribution >= 0.6 is 15.9 Å². The maximum atomic E-state index is 12.6. The van der Waals surface area contributed by atoms with Crippen molar-refractivity contribution in [3.8, 4) is 11.3 Å².